The molecule has 1 unspecified atom stereocenters. The average Bonchev–Trinajstić information content (AvgIpc) is 2.97. The van der Waals surface area contributed by atoms with Gasteiger partial charge < -0.3 is 30.9 Å². The van der Waals surface area contributed by atoms with Gasteiger partial charge in [-0.3, -0.25) is 4.79 Å². The number of carboxylic acid groups (broad SMARTS) is 1. The number of aromatic nitrogens is 1. The number of fused-ring (bicyclic) bond motifs is 1. The Bertz CT molecular complexity index is 1570. The second-order valence-corrected chi connectivity index (χ2v) is 9.96. The Morgan fingerprint density at radius 3 is 2.25 bits per heavy atom. The average molecular weight is 613 g/mol. The van der Waals surface area contributed by atoms with Crippen molar-refractivity contribution in [1.29, 1.82) is 0 Å². The van der Waals surface area contributed by atoms with Gasteiger partial charge in [-0.1, -0.05) is 36.4 Å². The summed E-state index contributed by atoms with van der Waals surface area (Å²) < 4.78 is 43.5. The van der Waals surface area contributed by atoms with Crippen molar-refractivity contribution in [2.45, 2.75) is 52.1 Å². The number of anilines is 2. The number of nitrogens with two attached hydrogens (primary N) is 1. The molecule has 0 aliphatic heterocycles. The molecule has 1 heterocycles. The number of carbonyl (C=O) groups excluding carboxylic acids is 1. The number of carboxylic acids is 1. The van der Waals surface area contributed by atoms with E-state index in [1.807, 2.05) is 100 Å². The van der Waals surface area contributed by atoms with E-state index in [4.69, 9.17) is 25.1 Å². The smallest absolute Gasteiger partial charge is 0.490 e. The lowest BCUT2D eigenvalue weighted by atomic mass is 10.0. The molecule has 12 heteroatoms. The van der Waals surface area contributed by atoms with Crippen molar-refractivity contribution in [3.8, 4) is 11.5 Å². The van der Waals surface area contributed by atoms with Gasteiger partial charge in [-0.05, 0) is 80.6 Å². The Balaban J connectivity index is 0.000000676. The summed E-state index contributed by atoms with van der Waals surface area (Å²) in [7, 11) is 0. The second-order valence-electron chi connectivity index (χ2n) is 9.96. The van der Waals surface area contributed by atoms with Crippen molar-refractivity contribution in [2.75, 3.05) is 17.7 Å². The van der Waals surface area contributed by atoms with Gasteiger partial charge in [0.1, 0.15) is 11.9 Å². The maximum atomic E-state index is 13.7. The van der Waals surface area contributed by atoms with Gasteiger partial charge in [-0.15, -0.1) is 0 Å². The summed E-state index contributed by atoms with van der Waals surface area (Å²) in [6, 6.07) is 22.3. The number of aliphatic carboxylic acids is 1. The number of rotatable bonds is 10. The molecule has 0 saturated carbocycles. The summed E-state index contributed by atoms with van der Waals surface area (Å²) in [6.45, 7) is 8.31. The minimum absolute atomic E-state index is 0.00600. The van der Waals surface area contributed by atoms with Crippen LogP contribution in [-0.2, 0) is 9.59 Å². The van der Waals surface area contributed by atoms with Crippen molar-refractivity contribution in [3.05, 3.63) is 90.1 Å². The van der Waals surface area contributed by atoms with Crippen LogP contribution in [0.5, 0.6) is 11.5 Å². The maximum absolute atomic E-state index is 13.7. The van der Waals surface area contributed by atoms with Crippen LogP contribution in [-0.4, -0.2) is 40.9 Å². The summed E-state index contributed by atoms with van der Waals surface area (Å²) in [5, 5.41) is 15.5. The fourth-order valence-corrected chi connectivity index (χ4v) is 4.20. The van der Waals surface area contributed by atoms with Crippen LogP contribution in [0.15, 0.2) is 79.0 Å². The molecule has 0 bridgehead atoms. The summed E-state index contributed by atoms with van der Waals surface area (Å²) in [5.41, 5.74) is 8.60. The standard InChI is InChI=1S/C30H34N4O3.C2HF3O2/c1-5-36-27-18-23(11-14-26(27)37-19(2)3)28(30(35)33-20(4)21-9-7-6-8-10-21)34-24-12-13-25-22(17-24)15-16-32-29(25)31;3-2(4,5)1(6)7/h6-20,28,34H,5H2,1-4H3,(H2,31,32)(H,33,35);(H,6,7)/t20-,28?;/m0./s1. The van der Waals surface area contributed by atoms with Gasteiger partial charge in [0, 0.05) is 17.3 Å². The predicted molar refractivity (Wildman–Crippen MR) is 163 cm³/mol. The van der Waals surface area contributed by atoms with Gasteiger partial charge in [-0.25, -0.2) is 9.78 Å². The maximum Gasteiger partial charge on any atom is 0.490 e. The molecule has 2 atom stereocenters. The van der Waals surface area contributed by atoms with E-state index >= 15 is 0 Å². The molecule has 9 nitrogen and oxygen atoms in total. The minimum Gasteiger partial charge on any atom is -0.490 e. The van der Waals surface area contributed by atoms with Crippen LogP contribution in [0, 0.1) is 0 Å². The summed E-state index contributed by atoms with van der Waals surface area (Å²) in [5.74, 6) is -1.21. The molecule has 4 rings (SSSR count). The van der Waals surface area contributed by atoms with Gasteiger partial charge in [0.15, 0.2) is 11.5 Å². The highest BCUT2D eigenvalue weighted by molar-refractivity contribution is 5.94. The third-order valence-corrected chi connectivity index (χ3v) is 6.23. The summed E-state index contributed by atoms with van der Waals surface area (Å²) in [4.78, 5) is 26.8. The van der Waals surface area contributed by atoms with E-state index in [9.17, 15) is 18.0 Å². The molecule has 44 heavy (non-hydrogen) atoms. The number of nitrogens with zero attached hydrogens (tertiary/aromatic N) is 1. The predicted octanol–water partition coefficient (Wildman–Crippen LogP) is 6.67. The number of hydrogen-bond acceptors (Lipinski definition) is 7. The Kier molecular flexibility index (Phi) is 11.4. The first kappa shape index (κ1) is 33.5. The molecule has 3 aromatic carbocycles. The molecule has 0 fully saturated rings. The Morgan fingerprint density at radius 2 is 1.64 bits per heavy atom. The zero-order valence-electron chi connectivity index (χ0n) is 24.7. The van der Waals surface area contributed by atoms with Gasteiger partial charge in [0.25, 0.3) is 0 Å². The van der Waals surface area contributed by atoms with Crippen LogP contribution in [0.3, 0.4) is 0 Å². The normalized spacial score (nSPS) is 12.5. The van der Waals surface area contributed by atoms with Crippen LogP contribution in [0.1, 0.15) is 50.9 Å². The summed E-state index contributed by atoms with van der Waals surface area (Å²) >= 11 is 0. The molecular formula is C32H35F3N4O5. The van der Waals surface area contributed by atoms with Crippen LogP contribution >= 0.6 is 0 Å². The highest BCUT2D eigenvalue weighted by Crippen LogP contribution is 2.34. The third-order valence-electron chi connectivity index (χ3n) is 6.23. The lowest BCUT2D eigenvalue weighted by Gasteiger charge is -2.24. The number of alkyl halides is 3. The number of carbonyl (C=O) groups is 2. The van der Waals surface area contributed by atoms with Gasteiger partial charge in [-0.2, -0.15) is 13.2 Å². The quantitative estimate of drug-likeness (QED) is 0.156. The van der Waals surface area contributed by atoms with Crippen LogP contribution in [0.25, 0.3) is 10.8 Å². The third kappa shape index (κ3) is 9.25. The molecule has 5 N–H and O–H groups in total. The lowest BCUT2D eigenvalue weighted by Crippen LogP contribution is -2.35. The Morgan fingerprint density at radius 1 is 0.955 bits per heavy atom. The number of nitrogens with one attached hydrogen (secondary N) is 2. The molecule has 4 aromatic rings. The largest absolute Gasteiger partial charge is 0.490 e. The molecule has 0 aliphatic carbocycles. The summed E-state index contributed by atoms with van der Waals surface area (Å²) in [6.07, 6.45) is -3.41. The van der Waals surface area contributed by atoms with Crippen molar-refractivity contribution in [1.82, 2.24) is 10.3 Å². The molecule has 234 valence electrons. The number of amides is 1. The topological polar surface area (TPSA) is 136 Å². The van der Waals surface area contributed by atoms with Crippen molar-refractivity contribution in [3.63, 3.8) is 0 Å². The molecule has 1 amide bonds. The number of halogens is 3. The fraction of sp³-hybridized carbons (Fsp3) is 0.281. The van der Waals surface area contributed by atoms with Crippen molar-refractivity contribution >= 4 is 34.2 Å². The van der Waals surface area contributed by atoms with E-state index in [2.05, 4.69) is 15.6 Å². The SMILES string of the molecule is CCOc1cc(C(Nc2ccc3c(N)nccc3c2)C(=O)N[C@@H](C)c2ccccc2)ccc1OC(C)C.O=C(O)C(F)(F)F. The molecular weight excluding hydrogens is 577 g/mol. The highest BCUT2D eigenvalue weighted by Gasteiger charge is 2.38. The lowest BCUT2D eigenvalue weighted by molar-refractivity contribution is -0.192. The van der Waals surface area contributed by atoms with Crippen LogP contribution in [0.2, 0.25) is 0 Å². The molecule has 0 spiro atoms. The zero-order valence-corrected chi connectivity index (χ0v) is 24.7. The van der Waals surface area contributed by atoms with E-state index in [0.717, 1.165) is 27.6 Å². The van der Waals surface area contributed by atoms with E-state index in [-0.39, 0.29) is 18.1 Å². The zero-order chi connectivity index (χ0) is 32.4. The number of pyridine rings is 1. The van der Waals surface area contributed by atoms with Gasteiger partial charge in [0.2, 0.25) is 5.91 Å². The molecule has 1 aromatic heterocycles. The first-order valence-electron chi connectivity index (χ1n) is 13.8. The van der Waals surface area contributed by atoms with Crippen molar-refractivity contribution < 1.29 is 37.3 Å². The van der Waals surface area contributed by atoms with E-state index in [0.29, 0.717) is 23.9 Å². The van der Waals surface area contributed by atoms with E-state index < -0.39 is 18.2 Å². The molecule has 0 radical (unpaired) electrons. The highest BCUT2D eigenvalue weighted by atomic mass is 19.4. The monoisotopic (exact) mass is 612 g/mol. The first-order valence-corrected chi connectivity index (χ1v) is 13.8. The van der Waals surface area contributed by atoms with Gasteiger partial charge in [0.05, 0.1) is 18.8 Å². The number of ether oxygens (including phenoxy) is 2. The Labute approximate surface area is 253 Å². The van der Waals surface area contributed by atoms with E-state index in [1.54, 1.807) is 6.20 Å². The first-order chi connectivity index (χ1) is 20.8. The number of nitrogen functional groups attached to an aromatic ring is 1. The van der Waals surface area contributed by atoms with Gasteiger partial charge >= 0.3 is 12.1 Å². The number of hydrogen-bond donors (Lipinski definition) is 4. The minimum atomic E-state index is -5.08. The molecule has 0 aliphatic rings. The Hall–Kier alpha value is -5.00. The number of benzene rings is 3. The van der Waals surface area contributed by atoms with E-state index in [1.165, 1.54) is 0 Å². The van der Waals surface area contributed by atoms with Crippen LogP contribution < -0.4 is 25.8 Å². The van der Waals surface area contributed by atoms with Crippen LogP contribution in [0.4, 0.5) is 24.7 Å². The second kappa shape index (κ2) is 14.9. The van der Waals surface area contributed by atoms with Crippen molar-refractivity contribution in [2.24, 2.45) is 0 Å². The fourth-order valence-electron chi connectivity index (χ4n) is 4.20. The molecule has 0 saturated heterocycles.